The first-order valence-corrected chi connectivity index (χ1v) is 4.96. The van der Waals surface area contributed by atoms with Gasteiger partial charge in [-0.15, -0.1) is 0 Å². The zero-order chi connectivity index (χ0) is 17.2. The molecule has 0 bridgehead atoms. The summed E-state index contributed by atoms with van der Waals surface area (Å²) in [7, 11) is 1.11. The molecule has 0 aliphatic carbocycles. The van der Waals surface area contributed by atoms with E-state index in [-0.39, 0.29) is 6.92 Å². The van der Waals surface area contributed by atoms with Gasteiger partial charge in [0.2, 0.25) is 5.41 Å². The molecule has 122 valence electrons. The lowest BCUT2D eigenvalue weighted by molar-refractivity contribution is -0.179. The highest BCUT2D eigenvalue weighted by Gasteiger charge is 2.60. The monoisotopic (exact) mass is 326 g/mol. The Morgan fingerprint density at radius 3 is 1.29 bits per heavy atom. The molecular formula is C10H9F7O4. The smallest absolute Gasteiger partial charge is 0.423 e. The largest absolute Gasteiger partial charge is 0.468 e. The summed E-state index contributed by atoms with van der Waals surface area (Å²) in [6.07, 6.45) is -12.4. The van der Waals surface area contributed by atoms with Gasteiger partial charge in [-0.25, -0.2) is 4.39 Å². The number of esters is 2. The second kappa shape index (κ2) is 5.90. The van der Waals surface area contributed by atoms with E-state index in [1.54, 1.807) is 0 Å². The van der Waals surface area contributed by atoms with E-state index in [4.69, 9.17) is 0 Å². The molecule has 4 nitrogen and oxygen atoms in total. The van der Waals surface area contributed by atoms with Gasteiger partial charge in [0, 0.05) is 0 Å². The summed E-state index contributed by atoms with van der Waals surface area (Å²) in [5.41, 5.74) is -7.16. The van der Waals surface area contributed by atoms with Crippen LogP contribution in [-0.2, 0) is 19.1 Å². The van der Waals surface area contributed by atoms with Gasteiger partial charge < -0.3 is 9.47 Å². The van der Waals surface area contributed by atoms with Crippen molar-refractivity contribution in [1.82, 2.24) is 0 Å². The van der Waals surface area contributed by atoms with Crippen molar-refractivity contribution < 1.29 is 49.8 Å². The summed E-state index contributed by atoms with van der Waals surface area (Å²) < 4.78 is 96.0. The highest BCUT2D eigenvalue weighted by molar-refractivity contribution is 6.02. The number of alkyl halides is 6. The lowest BCUT2D eigenvalue weighted by Gasteiger charge is -2.25. The van der Waals surface area contributed by atoms with Gasteiger partial charge in [-0.1, -0.05) is 0 Å². The second-order valence-electron chi connectivity index (χ2n) is 3.79. The summed E-state index contributed by atoms with van der Waals surface area (Å²) in [4.78, 5) is 22.6. The molecule has 0 saturated heterocycles. The van der Waals surface area contributed by atoms with Crippen LogP contribution in [0.3, 0.4) is 0 Å². The molecule has 0 unspecified atom stereocenters. The molecule has 0 atom stereocenters. The van der Waals surface area contributed by atoms with Gasteiger partial charge in [0.1, 0.15) is 5.83 Å². The summed E-state index contributed by atoms with van der Waals surface area (Å²) >= 11 is 0. The fourth-order valence-electron chi connectivity index (χ4n) is 1.33. The van der Waals surface area contributed by atoms with Crippen molar-refractivity contribution in [2.24, 2.45) is 5.41 Å². The molecule has 11 heteroatoms. The lowest BCUT2D eigenvalue weighted by Crippen LogP contribution is -2.42. The van der Waals surface area contributed by atoms with Gasteiger partial charge in [-0.3, -0.25) is 9.59 Å². The molecule has 0 saturated carbocycles. The molecule has 0 spiro atoms. The Balaban J connectivity index is 6.54. The van der Waals surface area contributed by atoms with Gasteiger partial charge in [-0.05, 0) is 6.92 Å². The fraction of sp³-hybridized carbons (Fsp3) is 0.600. The molecular weight excluding hydrogens is 317 g/mol. The van der Waals surface area contributed by atoms with Crippen molar-refractivity contribution in [2.75, 3.05) is 14.2 Å². The minimum Gasteiger partial charge on any atom is -0.468 e. The van der Waals surface area contributed by atoms with Crippen molar-refractivity contribution in [3.8, 4) is 0 Å². The minimum absolute atomic E-state index is 0.192. The normalized spacial score (nSPS) is 12.7. The highest BCUT2D eigenvalue weighted by Crippen LogP contribution is 2.46. The SMILES string of the molecule is COC(=O)C(C)(C(=O)OC)C(F)=C(C(F)(F)F)C(F)(F)F. The minimum atomic E-state index is -6.19. The van der Waals surface area contributed by atoms with Gasteiger partial charge in [-0.2, -0.15) is 26.3 Å². The van der Waals surface area contributed by atoms with Crippen LogP contribution in [0.1, 0.15) is 6.92 Å². The first-order valence-electron chi connectivity index (χ1n) is 4.96. The average molecular weight is 326 g/mol. The molecule has 0 aromatic rings. The quantitative estimate of drug-likeness (QED) is 0.455. The van der Waals surface area contributed by atoms with E-state index in [2.05, 4.69) is 9.47 Å². The van der Waals surface area contributed by atoms with Crippen LogP contribution in [0.5, 0.6) is 0 Å². The topological polar surface area (TPSA) is 52.6 Å². The predicted octanol–water partition coefficient (Wildman–Crippen LogP) is 2.69. The van der Waals surface area contributed by atoms with Crippen molar-refractivity contribution in [3.05, 3.63) is 11.4 Å². The molecule has 0 aliphatic rings. The zero-order valence-electron chi connectivity index (χ0n) is 10.8. The fourth-order valence-corrected chi connectivity index (χ4v) is 1.33. The maximum Gasteiger partial charge on any atom is 0.423 e. The van der Waals surface area contributed by atoms with Gasteiger partial charge >= 0.3 is 24.3 Å². The molecule has 21 heavy (non-hydrogen) atoms. The number of allylic oxidation sites excluding steroid dienone is 1. The van der Waals surface area contributed by atoms with E-state index in [1.165, 1.54) is 0 Å². The van der Waals surface area contributed by atoms with Crippen LogP contribution in [0.4, 0.5) is 30.7 Å². The molecule has 0 aromatic carbocycles. The first-order chi connectivity index (χ1) is 9.24. The van der Waals surface area contributed by atoms with E-state index >= 15 is 0 Å². The Morgan fingerprint density at radius 2 is 1.10 bits per heavy atom. The zero-order valence-corrected chi connectivity index (χ0v) is 10.8. The number of ether oxygens (including phenoxy) is 2. The predicted molar refractivity (Wildman–Crippen MR) is 52.4 cm³/mol. The second-order valence-corrected chi connectivity index (χ2v) is 3.79. The molecule has 0 fully saturated rings. The Morgan fingerprint density at radius 1 is 0.810 bits per heavy atom. The summed E-state index contributed by atoms with van der Waals surface area (Å²) in [5.74, 6) is -7.00. The molecule has 0 aliphatic heterocycles. The molecule has 0 amide bonds. The summed E-state index contributed by atoms with van der Waals surface area (Å²) in [6, 6.07) is 0. The number of methoxy groups -OCH3 is 2. The van der Waals surface area contributed by atoms with E-state index in [1.807, 2.05) is 0 Å². The van der Waals surface area contributed by atoms with Crippen LogP contribution in [0.25, 0.3) is 0 Å². The standard InChI is InChI=1S/C10H9F7O4/c1-8(6(18)20-2,7(19)21-3)5(11)4(9(12,13)14)10(15,16)17/h1-3H3. The third kappa shape index (κ3) is 3.64. The maximum atomic E-state index is 13.8. The summed E-state index contributed by atoms with van der Waals surface area (Å²) in [5, 5.41) is 0. The van der Waals surface area contributed by atoms with Gasteiger partial charge in [0.25, 0.3) is 0 Å². The number of rotatable bonds is 3. The van der Waals surface area contributed by atoms with E-state index in [0.717, 1.165) is 0 Å². The van der Waals surface area contributed by atoms with Crippen molar-refractivity contribution in [2.45, 2.75) is 19.3 Å². The molecule has 0 radical (unpaired) electrons. The Kier molecular flexibility index (Phi) is 5.39. The number of hydrogen-bond acceptors (Lipinski definition) is 4. The van der Waals surface area contributed by atoms with Crippen LogP contribution in [-0.4, -0.2) is 38.5 Å². The number of carbonyl (C=O) groups excluding carboxylic acids is 2. The third-order valence-corrected chi connectivity index (χ3v) is 2.41. The average Bonchev–Trinajstić information content (AvgIpc) is 2.31. The van der Waals surface area contributed by atoms with E-state index in [9.17, 15) is 40.3 Å². The molecule has 0 heterocycles. The molecule has 0 N–H and O–H groups in total. The number of carbonyl (C=O) groups is 2. The van der Waals surface area contributed by atoms with Gasteiger partial charge in [0.15, 0.2) is 5.57 Å². The number of hydrogen-bond donors (Lipinski definition) is 0. The Hall–Kier alpha value is -1.81. The van der Waals surface area contributed by atoms with Crippen molar-refractivity contribution >= 4 is 11.9 Å². The van der Waals surface area contributed by atoms with E-state index < -0.39 is 41.1 Å². The third-order valence-electron chi connectivity index (χ3n) is 2.41. The molecule has 0 rings (SSSR count). The first kappa shape index (κ1) is 19.2. The Bertz CT molecular complexity index is 429. The van der Waals surface area contributed by atoms with Crippen molar-refractivity contribution in [1.29, 1.82) is 0 Å². The van der Waals surface area contributed by atoms with Crippen LogP contribution in [0.15, 0.2) is 11.4 Å². The highest BCUT2D eigenvalue weighted by atomic mass is 19.4. The number of halogens is 7. The van der Waals surface area contributed by atoms with Crippen LogP contribution in [0, 0.1) is 5.41 Å². The van der Waals surface area contributed by atoms with E-state index in [0.29, 0.717) is 14.2 Å². The van der Waals surface area contributed by atoms with Crippen LogP contribution < -0.4 is 0 Å². The van der Waals surface area contributed by atoms with Crippen LogP contribution in [0.2, 0.25) is 0 Å². The maximum absolute atomic E-state index is 13.8. The Labute approximate surface area is 113 Å². The van der Waals surface area contributed by atoms with Crippen molar-refractivity contribution in [3.63, 3.8) is 0 Å². The molecule has 0 aromatic heterocycles. The summed E-state index contributed by atoms with van der Waals surface area (Å²) in [6.45, 7) is 0.192. The van der Waals surface area contributed by atoms with Crippen LogP contribution >= 0.6 is 0 Å². The van der Waals surface area contributed by atoms with Gasteiger partial charge in [0.05, 0.1) is 14.2 Å². The lowest BCUT2D eigenvalue weighted by atomic mass is 9.86.